The number of nitrogens with zero attached hydrogens (tertiary/aromatic N) is 5. The highest BCUT2D eigenvalue weighted by molar-refractivity contribution is 6.25. The van der Waals surface area contributed by atoms with Crippen LogP contribution in [-0.2, 0) is 0 Å². The van der Waals surface area contributed by atoms with Crippen molar-refractivity contribution in [3.8, 4) is 56.7 Å². The van der Waals surface area contributed by atoms with Gasteiger partial charge in [0.05, 0.1) is 11.4 Å². The molecule has 9 rings (SSSR count). The Morgan fingerprint density at radius 2 is 0.708 bits per heavy atom. The van der Waals surface area contributed by atoms with Gasteiger partial charge in [-0.15, -0.1) is 0 Å². The molecule has 5 nitrogen and oxygen atoms in total. The molecule has 0 amide bonds. The third-order valence-corrected chi connectivity index (χ3v) is 8.81. The highest BCUT2D eigenvalue weighted by Gasteiger charge is 2.16. The Bertz CT molecular complexity index is 2480. The summed E-state index contributed by atoms with van der Waals surface area (Å²) in [5.74, 6) is 1.08. The van der Waals surface area contributed by atoms with Crippen LogP contribution in [0.25, 0.3) is 89.0 Å². The highest BCUT2D eigenvalue weighted by Crippen LogP contribution is 2.38. The van der Waals surface area contributed by atoms with Gasteiger partial charge in [0.25, 0.3) is 0 Å². The normalized spacial score (nSPS) is 11.3. The van der Waals surface area contributed by atoms with E-state index in [2.05, 4.69) is 88.8 Å². The van der Waals surface area contributed by atoms with Gasteiger partial charge >= 0.3 is 0 Å². The average molecular weight is 614 g/mol. The smallest absolute Gasteiger partial charge is 0.178 e. The van der Waals surface area contributed by atoms with Crippen LogP contribution in [0.4, 0.5) is 0 Å². The number of fused-ring (bicyclic) bond motifs is 6. The van der Waals surface area contributed by atoms with Crippen LogP contribution < -0.4 is 0 Å². The van der Waals surface area contributed by atoms with Gasteiger partial charge in [-0.3, -0.25) is 0 Å². The molecule has 0 radical (unpaired) electrons. The summed E-state index contributed by atoms with van der Waals surface area (Å²) in [5.41, 5.74) is 7.05. The van der Waals surface area contributed by atoms with Crippen molar-refractivity contribution in [2.45, 2.75) is 0 Å². The van der Waals surface area contributed by atoms with Crippen molar-refractivity contribution in [2.24, 2.45) is 0 Å². The van der Waals surface area contributed by atoms with E-state index in [1.165, 1.54) is 32.3 Å². The Morgan fingerprint density at radius 1 is 0.271 bits per heavy atom. The fraction of sp³-hybridized carbons (Fsp3) is 0. The Kier molecular flexibility index (Phi) is 6.72. The van der Waals surface area contributed by atoms with Gasteiger partial charge in [0.1, 0.15) is 11.4 Å². The quantitative estimate of drug-likeness (QED) is 0.181. The van der Waals surface area contributed by atoms with E-state index < -0.39 is 0 Å². The van der Waals surface area contributed by atoms with Crippen LogP contribution in [0.5, 0.6) is 0 Å². The van der Waals surface area contributed by atoms with Crippen LogP contribution in [0.1, 0.15) is 0 Å². The zero-order valence-corrected chi connectivity index (χ0v) is 25.8. The van der Waals surface area contributed by atoms with Gasteiger partial charge in [0, 0.05) is 23.5 Å². The molecule has 3 aromatic heterocycles. The minimum atomic E-state index is 0.538. The lowest BCUT2D eigenvalue weighted by molar-refractivity contribution is 1.11. The van der Waals surface area contributed by atoms with E-state index in [1.54, 1.807) is 12.4 Å². The Labute approximate surface area is 277 Å². The first-order valence-corrected chi connectivity index (χ1v) is 15.9. The molecule has 5 heteroatoms. The van der Waals surface area contributed by atoms with Gasteiger partial charge in [-0.1, -0.05) is 121 Å². The number of hydrogen-bond acceptors (Lipinski definition) is 5. The molecule has 0 saturated carbocycles. The fourth-order valence-corrected chi connectivity index (χ4v) is 6.52. The third-order valence-electron chi connectivity index (χ3n) is 8.81. The summed E-state index contributed by atoms with van der Waals surface area (Å²) in [4.78, 5) is 24.4. The summed E-state index contributed by atoms with van der Waals surface area (Å²) in [6.07, 6.45) is 3.58. The van der Waals surface area contributed by atoms with Gasteiger partial charge in [-0.25, -0.2) is 24.9 Å². The maximum atomic E-state index is 5.07. The van der Waals surface area contributed by atoms with E-state index in [-0.39, 0.29) is 0 Å². The molecular formula is C43H27N5. The summed E-state index contributed by atoms with van der Waals surface area (Å²) in [6.45, 7) is 0. The Balaban J connectivity index is 1.26. The zero-order chi connectivity index (χ0) is 31.9. The molecule has 0 aliphatic heterocycles. The molecule has 0 N–H and O–H groups in total. The van der Waals surface area contributed by atoms with Crippen molar-refractivity contribution in [3.05, 3.63) is 164 Å². The van der Waals surface area contributed by atoms with Gasteiger partial charge in [0.15, 0.2) is 11.6 Å². The molecule has 0 atom stereocenters. The lowest BCUT2D eigenvalue weighted by atomic mass is 9.92. The summed E-state index contributed by atoms with van der Waals surface area (Å²) in [5, 5.41) is 7.39. The molecule has 0 bridgehead atoms. The second-order valence-electron chi connectivity index (χ2n) is 11.7. The number of pyridine rings is 1. The lowest BCUT2D eigenvalue weighted by Gasteiger charge is -2.13. The predicted octanol–water partition coefficient (Wildman–Crippen LogP) is 10.5. The molecule has 48 heavy (non-hydrogen) atoms. The van der Waals surface area contributed by atoms with E-state index >= 15 is 0 Å². The first kappa shape index (κ1) is 27.7. The molecule has 224 valence electrons. The Morgan fingerprint density at radius 3 is 1.21 bits per heavy atom. The topological polar surface area (TPSA) is 64.5 Å². The number of rotatable bonds is 5. The van der Waals surface area contributed by atoms with Crippen molar-refractivity contribution in [1.29, 1.82) is 0 Å². The molecule has 0 fully saturated rings. The van der Waals surface area contributed by atoms with E-state index in [0.717, 1.165) is 33.6 Å². The van der Waals surface area contributed by atoms with Gasteiger partial charge in [-0.05, 0) is 73.8 Å². The first-order chi connectivity index (χ1) is 23.8. The number of benzene rings is 6. The minimum absolute atomic E-state index is 0.538. The molecule has 0 saturated heterocycles. The zero-order valence-electron chi connectivity index (χ0n) is 25.8. The third kappa shape index (κ3) is 4.95. The summed E-state index contributed by atoms with van der Waals surface area (Å²) in [6, 6.07) is 52.2. The first-order valence-electron chi connectivity index (χ1n) is 15.9. The maximum Gasteiger partial charge on any atom is 0.178 e. The highest BCUT2D eigenvalue weighted by atomic mass is 15.0. The maximum absolute atomic E-state index is 5.07. The van der Waals surface area contributed by atoms with Crippen molar-refractivity contribution in [1.82, 2.24) is 24.9 Å². The summed E-state index contributed by atoms with van der Waals surface area (Å²) < 4.78 is 0. The van der Waals surface area contributed by atoms with E-state index in [1.807, 2.05) is 72.8 Å². The molecule has 0 aliphatic carbocycles. The molecule has 9 aromatic rings. The van der Waals surface area contributed by atoms with Crippen LogP contribution in [-0.4, -0.2) is 24.9 Å². The predicted molar refractivity (Wildman–Crippen MR) is 195 cm³/mol. The van der Waals surface area contributed by atoms with Gasteiger partial charge in [-0.2, -0.15) is 0 Å². The van der Waals surface area contributed by atoms with Crippen LogP contribution in [0, 0.1) is 0 Å². The molecule has 0 unspecified atom stereocenters. The van der Waals surface area contributed by atoms with Crippen LogP contribution in [0.3, 0.4) is 0 Å². The SMILES string of the molecule is c1ccc(-c2ccnc(-c3cc(-c4ccc5c6ccccc6c6ccccc6c5c4)cc(-c4nccc(-c5ccccc5)n4)n3)n2)cc1. The minimum Gasteiger partial charge on any atom is -0.241 e. The van der Waals surface area contributed by atoms with E-state index in [9.17, 15) is 0 Å². The van der Waals surface area contributed by atoms with Crippen molar-refractivity contribution in [2.75, 3.05) is 0 Å². The summed E-state index contributed by atoms with van der Waals surface area (Å²) >= 11 is 0. The van der Waals surface area contributed by atoms with Gasteiger partial charge < -0.3 is 0 Å². The largest absolute Gasteiger partial charge is 0.241 e. The van der Waals surface area contributed by atoms with Crippen molar-refractivity contribution >= 4 is 32.3 Å². The van der Waals surface area contributed by atoms with Crippen LogP contribution in [0.15, 0.2) is 164 Å². The van der Waals surface area contributed by atoms with Crippen molar-refractivity contribution < 1.29 is 0 Å². The number of aromatic nitrogens is 5. The lowest BCUT2D eigenvalue weighted by Crippen LogP contribution is -1.99. The number of hydrogen-bond donors (Lipinski definition) is 0. The van der Waals surface area contributed by atoms with E-state index in [0.29, 0.717) is 23.0 Å². The molecule has 0 spiro atoms. The fourth-order valence-electron chi connectivity index (χ4n) is 6.52. The Hall–Kier alpha value is -6.59. The standard InChI is InChI=1S/C43H27N5/c1-3-11-28(12-4-1)38-21-23-44-42(47-38)40-26-31(27-41(46-40)43-45-24-22-39(48-43)29-13-5-2-6-14-29)30-19-20-36-34-17-8-7-15-32(34)33-16-9-10-18-35(33)37(36)25-30/h1-27H. The van der Waals surface area contributed by atoms with Crippen LogP contribution in [0.2, 0.25) is 0 Å². The van der Waals surface area contributed by atoms with E-state index in [4.69, 9.17) is 15.0 Å². The van der Waals surface area contributed by atoms with Crippen LogP contribution >= 0.6 is 0 Å². The van der Waals surface area contributed by atoms with Gasteiger partial charge in [0.2, 0.25) is 0 Å². The second-order valence-corrected chi connectivity index (χ2v) is 11.7. The molecule has 6 aromatic carbocycles. The molecule has 0 aliphatic rings. The monoisotopic (exact) mass is 613 g/mol. The molecule has 3 heterocycles. The van der Waals surface area contributed by atoms with Crippen molar-refractivity contribution in [3.63, 3.8) is 0 Å². The molecular weight excluding hydrogens is 587 g/mol. The summed E-state index contributed by atoms with van der Waals surface area (Å²) in [7, 11) is 0. The second kappa shape index (κ2) is 11.6. The average Bonchev–Trinajstić information content (AvgIpc) is 3.18.